The molecule has 1 aromatic carbocycles. The van der Waals surface area contributed by atoms with E-state index >= 15 is 0 Å². The molecule has 3 rings (SSSR count). The summed E-state index contributed by atoms with van der Waals surface area (Å²) < 4.78 is 5.34. The molecule has 19 heavy (non-hydrogen) atoms. The SMILES string of the molecule is Cc1cc(O)c2cc(N3CCOCC3)ccc2n1.[V]. The Bertz CT molecular complexity index is 583. The summed E-state index contributed by atoms with van der Waals surface area (Å²) >= 11 is 0. The fourth-order valence-electron chi connectivity index (χ4n) is 2.34. The standard InChI is InChI=1S/C14H16N2O2.V/c1-10-8-14(17)12-9-11(2-3-13(12)15-10)16-4-6-18-7-5-16;/h2-3,8-9H,4-7H2,1H3,(H,15,17);. The van der Waals surface area contributed by atoms with Gasteiger partial charge in [-0.25, -0.2) is 0 Å². The Hall–Kier alpha value is -1.23. The van der Waals surface area contributed by atoms with E-state index in [1.54, 1.807) is 6.07 Å². The molecule has 0 amide bonds. The number of rotatable bonds is 1. The number of aryl methyl sites for hydroxylation is 1. The number of hydrogen-bond donors (Lipinski definition) is 1. The maximum atomic E-state index is 9.99. The van der Waals surface area contributed by atoms with Gasteiger partial charge in [-0.3, -0.25) is 4.98 Å². The molecule has 99 valence electrons. The molecule has 0 spiro atoms. The zero-order valence-electron chi connectivity index (χ0n) is 10.8. The van der Waals surface area contributed by atoms with Gasteiger partial charge in [0.2, 0.25) is 0 Å². The Morgan fingerprint density at radius 2 is 1.95 bits per heavy atom. The first kappa shape index (κ1) is 14.2. The molecule has 1 aliphatic heterocycles. The first-order valence-corrected chi connectivity index (χ1v) is 6.17. The van der Waals surface area contributed by atoms with Crippen LogP contribution in [-0.4, -0.2) is 36.4 Å². The summed E-state index contributed by atoms with van der Waals surface area (Å²) in [5.74, 6) is 0.299. The van der Waals surface area contributed by atoms with Gasteiger partial charge in [-0.2, -0.15) is 0 Å². The average molecular weight is 295 g/mol. The Kier molecular flexibility index (Phi) is 4.35. The van der Waals surface area contributed by atoms with Crippen LogP contribution in [0.2, 0.25) is 0 Å². The number of anilines is 1. The molecule has 0 aliphatic carbocycles. The number of benzene rings is 1. The molecular weight excluding hydrogens is 279 g/mol. The molecule has 1 aliphatic rings. The van der Waals surface area contributed by atoms with E-state index in [0.29, 0.717) is 5.75 Å². The maximum absolute atomic E-state index is 9.99. The number of pyridine rings is 1. The van der Waals surface area contributed by atoms with Crippen molar-refractivity contribution in [1.29, 1.82) is 0 Å². The van der Waals surface area contributed by atoms with Crippen molar-refractivity contribution in [3.63, 3.8) is 0 Å². The molecule has 2 heterocycles. The molecule has 5 heteroatoms. The van der Waals surface area contributed by atoms with Crippen LogP contribution < -0.4 is 4.90 Å². The minimum Gasteiger partial charge on any atom is -0.507 e. The van der Waals surface area contributed by atoms with Crippen molar-refractivity contribution in [1.82, 2.24) is 4.98 Å². The van der Waals surface area contributed by atoms with Crippen LogP contribution in [0.25, 0.3) is 10.9 Å². The predicted octanol–water partition coefficient (Wildman–Crippen LogP) is 2.08. The molecule has 4 nitrogen and oxygen atoms in total. The molecule has 1 N–H and O–H groups in total. The van der Waals surface area contributed by atoms with Crippen LogP contribution in [0.5, 0.6) is 5.75 Å². The second kappa shape index (κ2) is 5.82. The zero-order chi connectivity index (χ0) is 12.5. The molecule has 1 saturated heterocycles. The largest absolute Gasteiger partial charge is 0.507 e. The van der Waals surface area contributed by atoms with E-state index in [1.165, 1.54) is 0 Å². The minimum atomic E-state index is 0. The monoisotopic (exact) mass is 295 g/mol. The van der Waals surface area contributed by atoms with Crippen molar-refractivity contribution in [2.75, 3.05) is 31.2 Å². The van der Waals surface area contributed by atoms with Gasteiger partial charge < -0.3 is 14.7 Å². The van der Waals surface area contributed by atoms with Gasteiger partial charge in [0.1, 0.15) is 5.75 Å². The smallest absolute Gasteiger partial charge is 0.126 e. The fourth-order valence-corrected chi connectivity index (χ4v) is 2.34. The van der Waals surface area contributed by atoms with Crippen LogP contribution >= 0.6 is 0 Å². The summed E-state index contributed by atoms with van der Waals surface area (Å²) in [5, 5.41) is 10.8. The van der Waals surface area contributed by atoms with Crippen molar-refractivity contribution in [3.8, 4) is 5.75 Å². The summed E-state index contributed by atoms with van der Waals surface area (Å²) in [5.41, 5.74) is 2.79. The first-order chi connectivity index (χ1) is 8.74. The van der Waals surface area contributed by atoms with Gasteiger partial charge in [0.05, 0.1) is 18.7 Å². The Labute approximate surface area is 124 Å². The topological polar surface area (TPSA) is 45.6 Å². The molecule has 0 atom stereocenters. The fraction of sp³-hybridized carbons (Fsp3) is 0.357. The van der Waals surface area contributed by atoms with Crippen molar-refractivity contribution < 1.29 is 28.4 Å². The first-order valence-electron chi connectivity index (χ1n) is 6.17. The summed E-state index contributed by atoms with van der Waals surface area (Å²) in [6.07, 6.45) is 0. The summed E-state index contributed by atoms with van der Waals surface area (Å²) in [6, 6.07) is 7.72. The maximum Gasteiger partial charge on any atom is 0.126 e. The van der Waals surface area contributed by atoms with E-state index in [-0.39, 0.29) is 18.6 Å². The molecule has 0 bridgehead atoms. The Morgan fingerprint density at radius 3 is 2.68 bits per heavy atom. The third-order valence-corrected chi connectivity index (χ3v) is 3.27. The molecule has 1 aromatic heterocycles. The Balaban J connectivity index is 0.00000133. The molecule has 1 radical (unpaired) electrons. The minimum absolute atomic E-state index is 0. The number of aromatic nitrogens is 1. The normalized spacial score (nSPS) is 15.3. The van der Waals surface area contributed by atoms with E-state index in [4.69, 9.17) is 4.74 Å². The average Bonchev–Trinajstić information content (AvgIpc) is 2.39. The third kappa shape index (κ3) is 2.86. The van der Waals surface area contributed by atoms with Crippen LogP contribution in [0.4, 0.5) is 5.69 Å². The van der Waals surface area contributed by atoms with Crippen LogP contribution in [0.3, 0.4) is 0 Å². The summed E-state index contributed by atoms with van der Waals surface area (Å²) in [6.45, 7) is 5.19. The van der Waals surface area contributed by atoms with Gasteiger partial charge in [-0.15, -0.1) is 0 Å². The van der Waals surface area contributed by atoms with Crippen molar-refractivity contribution in [2.24, 2.45) is 0 Å². The number of hydrogen-bond acceptors (Lipinski definition) is 4. The predicted molar refractivity (Wildman–Crippen MR) is 71.2 cm³/mol. The molecule has 0 unspecified atom stereocenters. The second-order valence-corrected chi connectivity index (χ2v) is 4.58. The van der Waals surface area contributed by atoms with E-state index < -0.39 is 0 Å². The number of morpholine rings is 1. The van der Waals surface area contributed by atoms with Crippen molar-refractivity contribution in [3.05, 3.63) is 30.0 Å². The van der Waals surface area contributed by atoms with Gasteiger partial charge in [-0.05, 0) is 25.1 Å². The number of aromatic hydroxyl groups is 1. The number of ether oxygens (including phenoxy) is 1. The van der Waals surface area contributed by atoms with E-state index in [9.17, 15) is 5.11 Å². The van der Waals surface area contributed by atoms with Gasteiger partial charge in [-0.1, -0.05) is 0 Å². The van der Waals surface area contributed by atoms with Gasteiger partial charge in [0.15, 0.2) is 0 Å². The summed E-state index contributed by atoms with van der Waals surface area (Å²) in [4.78, 5) is 6.69. The van der Waals surface area contributed by atoms with Gasteiger partial charge >= 0.3 is 0 Å². The Morgan fingerprint density at radius 1 is 1.21 bits per heavy atom. The van der Waals surface area contributed by atoms with Gasteiger partial charge in [0.25, 0.3) is 0 Å². The second-order valence-electron chi connectivity index (χ2n) is 4.58. The quantitative estimate of drug-likeness (QED) is 0.875. The van der Waals surface area contributed by atoms with E-state index in [1.807, 2.05) is 19.1 Å². The van der Waals surface area contributed by atoms with Crippen molar-refractivity contribution in [2.45, 2.75) is 6.92 Å². The molecule has 0 saturated carbocycles. The van der Waals surface area contributed by atoms with Gasteiger partial charge in [0, 0.05) is 54.5 Å². The zero-order valence-corrected chi connectivity index (χ0v) is 12.2. The van der Waals surface area contributed by atoms with Crippen LogP contribution in [-0.2, 0) is 23.3 Å². The van der Waals surface area contributed by atoms with Crippen LogP contribution in [0.15, 0.2) is 24.3 Å². The number of nitrogens with zero attached hydrogens (tertiary/aromatic N) is 2. The summed E-state index contributed by atoms with van der Waals surface area (Å²) in [7, 11) is 0. The molecule has 1 fully saturated rings. The molecule has 2 aromatic rings. The van der Waals surface area contributed by atoms with Crippen molar-refractivity contribution >= 4 is 16.6 Å². The van der Waals surface area contributed by atoms with Crippen LogP contribution in [0.1, 0.15) is 5.69 Å². The van der Waals surface area contributed by atoms with E-state index in [2.05, 4.69) is 16.0 Å². The van der Waals surface area contributed by atoms with E-state index in [0.717, 1.165) is 48.6 Å². The third-order valence-electron chi connectivity index (χ3n) is 3.27. The molecular formula is C14H16N2O2V. The number of fused-ring (bicyclic) bond motifs is 1. The van der Waals surface area contributed by atoms with Crippen LogP contribution in [0, 0.1) is 6.92 Å².